The number of anilines is 1. The molecule has 1 rings (SSSR count). The molecule has 0 bridgehead atoms. The third kappa shape index (κ3) is 4.33. The van der Waals surface area contributed by atoms with E-state index in [0.29, 0.717) is 6.54 Å². The number of unbranched alkanes of at least 4 members (excludes halogenated alkanes) is 1. The molecule has 0 heterocycles. The van der Waals surface area contributed by atoms with Crippen molar-refractivity contribution in [2.24, 2.45) is 0 Å². The second-order valence-corrected chi connectivity index (χ2v) is 4.73. The minimum atomic E-state index is -0.508. The maximum atomic E-state index is 13.7. The van der Waals surface area contributed by atoms with Gasteiger partial charge in [-0.2, -0.15) is 0 Å². The predicted octanol–water partition coefficient (Wildman–Crippen LogP) is 2.44. The molecule has 0 aliphatic heterocycles. The Morgan fingerprint density at radius 2 is 1.90 bits per heavy atom. The molecule has 0 saturated heterocycles. The Bertz CT molecular complexity index is 477. The van der Waals surface area contributed by atoms with Crippen LogP contribution < -0.4 is 4.90 Å². The number of hydrogen-bond acceptors (Lipinski definition) is 2. The largest absolute Gasteiger partial charge is 0.344 e. The fourth-order valence-corrected chi connectivity index (χ4v) is 1.81. The van der Waals surface area contributed by atoms with Gasteiger partial charge < -0.3 is 9.80 Å². The zero-order chi connectivity index (χ0) is 15.1. The summed E-state index contributed by atoms with van der Waals surface area (Å²) >= 11 is 0. The lowest BCUT2D eigenvalue weighted by atomic mass is 10.2. The first-order valence-electron chi connectivity index (χ1n) is 6.74. The van der Waals surface area contributed by atoms with Crippen molar-refractivity contribution < 1.29 is 14.0 Å². The van der Waals surface area contributed by atoms with Crippen LogP contribution in [0.25, 0.3) is 0 Å². The van der Waals surface area contributed by atoms with E-state index in [0.717, 1.165) is 12.8 Å². The van der Waals surface area contributed by atoms with Crippen LogP contribution in [-0.4, -0.2) is 36.9 Å². The number of halogens is 1. The van der Waals surface area contributed by atoms with Gasteiger partial charge in [-0.1, -0.05) is 25.5 Å². The van der Waals surface area contributed by atoms with Crippen LogP contribution in [0.2, 0.25) is 0 Å². The Morgan fingerprint density at radius 3 is 2.45 bits per heavy atom. The Balaban J connectivity index is 2.81. The van der Waals surface area contributed by atoms with Crippen LogP contribution in [0.4, 0.5) is 10.1 Å². The van der Waals surface area contributed by atoms with E-state index in [4.69, 9.17) is 0 Å². The van der Waals surface area contributed by atoms with Crippen LogP contribution in [0, 0.1) is 5.82 Å². The molecule has 0 atom stereocenters. The van der Waals surface area contributed by atoms with Gasteiger partial charge in [-0.3, -0.25) is 9.59 Å². The van der Waals surface area contributed by atoms with Gasteiger partial charge in [0.1, 0.15) is 12.4 Å². The van der Waals surface area contributed by atoms with E-state index in [1.807, 2.05) is 6.92 Å². The number of nitrogens with zero attached hydrogens (tertiary/aromatic N) is 2. The maximum Gasteiger partial charge on any atom is 0.242 e. The molecular formula is C15H21FN2O2. The fourth-order valence-electron chi connectivity index (χ4n) is 1.81. The van der Waals surface area contributed by atoms with Crippen LogP contribution in [0.15, 0.2) is 24.3 Å². The number of benzene rings is 1. The molecule has 0 unspecified atom stereocenters. The molecule has 0 spiro atoms. The molecule has 1 aromatic carbocycles. The van der Waals surface area contributed by atoms with Crippen molar-refractivity contribution in [1.29, 1.82) is 0 Å². The van der Waals surface area contributed by atoms with Gasteiger partial charge in [0.05, 0.1) is 5.69 Å². The van der Waals surface area contributed by atoms with E-state index in [2.05, 4.69) is 0 Å². The summed E-state index contributed by atoms with van der Waals surface area (Å²) in [5.74, 6) is -1.06. The van der Waals surface area contributed by atoms with Crippen molar-refractivity contribution in [2.45, 2.75) is 26.7 Å². The number of likely N-dealkylation sites (N-methyl/N-ethyl adjacent to an activating group) is 1. The van der Waals surface area contributed by atoms with Crippen molar-refractivity contribution in [3.05, 3.63) is 30.1 Å². The molecule has 0 aliphatic carbocycles. The van der Waals surface area contributed by atoms with Gasteiger partial charge in [-0.05, 0) is 18.6 Å². The molecule has 5 heteroatoms. The first-order chi connectivity index (χ1) is 9.47. The van der Waals surface area contributed by atoms with Crippen LogP contribution in [0.1, 0.15) is 26.7 Å². The van der Waals surface area contributed by atoms with E-state index >= 15 is 0 Å². The molecule has 0 aliphatic rings. The first-order valence-corrected chi connectivity index (χ1v) is 6.74. The summed E-state index contributed by atoms with van der Waals surface area (Å²) in [7, 11) is 1.69. The Kier molecular flexibility index (Phi) is 6.15. The Morgan fingerprint density at radius 1 is 1.25 bits per heavy atom. The summed E-state index contributed by atoms with van der Waals surface area (Å²) in [6, 6.07) is 5.96. The fraction of sp³-hybridized carbons (Fsp3) is 0.467. The summed E-state index contributed by atoms with van der Waals surface area (Å²) in [4.78, 5) is 26.5. The summed E-state index contributed by atoms with van der Waals surface area (Å²) < 4.78 is 13.7. The highest BCUT2D eigenvalue weighted by Gasteiger charge is 2.20. The highest BCUT2D eigenvalue weighted by Crippen LogP contribution is 2.18. The maximum absolute atomic E-state index is 13.7. The SMILES string of the molecule is CCCCN(C)C(=O)CN(C(C)=O)c1ccccc1F. The van der Waals surface area contributed by atoms with E-state index in [9.17, 15) is 14.0 Å². The summed E-state index contributed by atoms with van der Waals surface area (Å²) in [5.41, 5.74) is 0.136. The number of carbonyl (C=O) groups is 2. The average molecular weight is 280 g/mol. The van der Waals surface area contributed by atoms with Crippen LogP contribution in [-0.2, 0) is 9.59 Å². The topological polar surface area (TPSA) is 40.6 Å². The smallest absolute Gasteiger partial charge is 0.242 e. The zero-order valence-corrected chi connectivity index (χ0v) is 12.2. The van der Waals surface area contributed by atoms with Crippen molar-refractivity contribution in [3.8, 4) is 0 Å². The quantitative estimate of drug-likeness (QED) is 0.803. The summed E-state index contributed by atoms with van der Waals surface area (Å²) in [5, 5.41) is 0. The van der Waals surface area contributed by atoms with Gasteiger partial charge in [0, 0.05) is 20.5 Å². The number of rotatable bonds is 6. The molecule has 4 nitrogen and oxygen atoms in total. The third-order valence-corrected chi connectivity index (χ3v) is 3.09. The first kappa shape index (κ1) is 16.1. The molecular weight excluding hydrogens is 259 g/mol. The lowest BCUT2D eigenvalue weighted by Gasteiger charge is -2.24. The van der Waals surface area contributed by atoms with Crippen molar-refractivity contribution in [2.75, 3.05) is 25.0 Å². The number of carbonyl (C=O) groups excluding carboxylic acids is 2. The van der Waals surface area contributed by atoms with Gasteiger partial charge in [-0.15, -0.1) is 0 Å². The number of amides is 2. The standard InChI is InChI=1S/C15H21FN2O2/c1-4-5-10-17(3)15(20)11-18(12(2)19)14-9-7-6-8-13(14)16/h6-9H,4-5,10-11H2,1-3H3. The molecule has 1 aromatic rings. The van der Waals surface area contributed by atoms with Gasteiger partial charge in [0.25, 0.3) is 0 Å². The van der Waals surface area contributed by atoms with Crippen LogP contribution in [0.3, 0.4) is 0 Å². The van der Waals surface area contributed by atoms with Gasteiger partial charge in [0.15, 0.2) is 0 Å². The molecule has 20 heavy (non-hydrogen) atoms. The number of para-hydroxylation sites is 1. The second kappa shape index (κ2) is 7.62. The summed E-state index contributed by atoms with van der Waals surface area (Å²) in [6.07, 6.45) is 1.89. The van der Waals surface area contributed by atoms with E-state index in [-0.39, 0.29) is 24.0 Å². The third-order valence-electron chi connectivity index (χ3n) is 3.09. The predicted molar refractivity (Wildman–Crippen MR) is 77.0 cm³/mol. The number of hydrogen-bond donors (Lipinski definition) is 0. The van der Waals surface area contributed by atoms with Crippen LogP contribution >= 0.6 is 0 Å². The zero-order valence-electron chi connectivity index (χ0n) is 12.2. The molecule has 110 valence electrons. The van der Waals surface area contributed by atoms with Crippen molar-refractivity contribution in [1.82, 2.24) is 4.90 Å². The van der Waals surface area contributed by atoms with E-state index < -0.39 is 5.82 Å². The molecule has 2 amide bonds. The highest BCUT2D eigenvalue weighted by atomic mass is 19.1. The molecule has 0 saturated carbocycles. The second-order valence-electron chi connectivity index (χ2n) is 4.73. The van der Waals surface area contributed by atoms with Crippen molar-refractivity contribution in [3.63, 3.8) is 0 Å². The Labute approximate surface area is 119 Å². The average Bonchev–Trinajstić information content (AvgIpc) is 2.42. The van der Waals surface area contributed by atoms with Crippen molar-refractivity contribution >= 4 is 17.5 Å². The van der Waals surface area contributed by atoms with E-state index in [1.165, 1.54) is 24.0 Å². The molecule has 0 aromatic heterocycles. The highest BCUT2D eigenvalue weighted by molar-refractivity contribution is 5.97. The van der Waals surface area contributed by atoms with E-state index in [1.54, 1.807) is 24.1 Å². The van der Waals surface area contributed by atoms with Gasteiger partial charge in [-0.25, -0.2) is 4.39 Å². The normalized spacial score (nSPS) is 10.2. The Hall–Kier alpha value is -1.91. The van der Waals surface area contributed by atoms with Gasteiger partial charge in [0.2, 0.25) is 11.8 Å². The minimum absolute atomic E-state index is 0.136. The van der Waals surface area contributed by atoms with Gasteiger partial charge >= 0.3 is 0 Å². The molecule has 0 fully saturated rings. The van der Waals surface area contributed by atoms with Crippen LogP contribution in [0.5, 0.6) is 0 Å². The minimum Gasteiger partial charge on any atom is -0.344 e. The molecule has 0 N–H and O–H groups in total. The molecule has 0 radical (unpaired) electrons. The summed E-state index contributed by atoms with van der Waals surface area (Å²) in [6.45, 7) is 3.86. The lowest BCUT2D eigenvalue weighted by molar-refractivity contribution is -0.130. The monoisotopic (exact) mass is 280 g/mol. The lowest BCUT2D eigenvalue weighted by Crippen LogP contribution is -2.41.